The number of aliphatic imine (C=N–C) groups is 1. The topological polar surface area (TPSA) is 39.7 Å². The fourth-order valence-electron chi connectivity index (χ4n) is 2.85. The van der Waals surface area contributed by atoms with E-state index in [0.717, 1.165) is 31.5 Å². The molecule has 0 saturated carbocycles. The highest BCUT2D eigenvalue weighted by Crippen LogP contribution is 2.17. The molecule has 0 bridgehead atoms. The van der Waals surface area contributed by atoms with E-state index >= 15 is 0 Å². The van der Waals surface area contributed by atoms with E-state index in [1.54, 1.807) is 0 Å². The summed E-state index contributed by atoms with van der Waals surface area (Å²) in [4.78, 5) is 7.37. The van der Waals surface area contributed by atoms with Crippen LogP contribution in [0.25, 0.3) is 0 Å². The minimum Gasteiger partial charge on any atom is -0.357 e. The monoisotopic (exact) mass is 296 g/mol. The van der Waals surface area contributed by atoms with Crippen molar-refractivity contribution in [2.45, 2.75) is 59.3 Å². The Hall–Kier alpha value is -0.770. The molecule has 1 saturated heterocycles. The molecule has 0 aromatic carbocycles. The van der Waals surface area contributed by atoms with E-state index in [9.17, 15) is 0 Å². The Kier molecular flexibility index (Phi) is 10.3. The highest BCUT2D eigenvalue weighted by atomic mass is 15.2. The number of hydrogen-bond donors (Lipinski definition) is 2. The molecule has 0 aromatic rings. The third-order valence-electron chi connectivity index (χ3n) is 4.17. The molecule has 1 heterocycles. The number of nitrogens with zero attached hydrogens (tertiary/aromatic N) is 2. The van der Waals surface area contributed by atoms with Crippen molar-refractivity contribution in [3.05, 3.63) is 0 Å². The normalized spacial score (nSPS) is 18.0. The van der Waals surface area contributed by atoms with Crippen molar-refractivity contribution in [1.82, 2.24) is 15.5 Å². The van der Waals surface area contributed by atoms with Gasteiger partial charge in [0, 0.05) is 19.6 Å². The van der Waals surface area contributed by atoms with E-state index in [4.69, 9.17) is 4.99 Å². The van der Waals surface area contributed by atoms with Crippen LogP contribution in [0.15, 0.2) is 4.99 Å². The lowest BCUT2D eigenvalue weighted by Gasteiger charge is -2.31. The molecule has 4 nitrogen and oxygen atoms in total. The lowest BCUT2D eigenvalue weighted by Crippen LogP contribution is -2.39. The Morgan fingerprint density at radius 1 is 1.05 bits per heavy atom. The molecular weight excluding hydrogens is 260 g/mol. The number of piperidine rings is 1. The van der Waals surface area contributed by atoms with Crippen molar-refractivity contribution in [3.8, 4) is 0 Å². The molecular formula is C17H36N4. The summed E-state index contributed by atoms with van der Waals surface area (Å²) in [5.74, 6) is 1.77. The van der Waals surface area contributed by atoms with Crippen LogP contribution < -0.4 is 10.6 Å². The molecule has 4 heteroatoms. The Balaban J connectivity index is 2.26. The number of likely N-dealkylation sites (tertiary alicyclic amines) is 1. The van der Waals surface area contributed by atoms with Gasteiger partial charge in [0.25, 0.3) is 0 Å². The molecule has 21 heavy (non-hydrogen) atoms. The van der Waals surface area contributed by atoms with E-state index in [0.29, 0.717) is 0 Å². The summed E-state index contributed by atoms with van der Waals surface area (Å²) in [6, 6.07) is 0. The van der Waals surface area contributed by atoms with Crippen LogP contribution in [0.1, 0.15) is 59.3 Å². The van der Waals surface area contributed by atoms with Gasteiger partial charge < -0.3 is 15.5 Å². The van der Waals surface area contributed by atoms with Crippen LogP contribution in [0.2, 0.25) is 0 Å². The van der Waals surface area contributed by atoms with Crippen LogP contribution in [0.5, 0.6) is 0 Å². The maximum Gasteiger partial charge on any atom is 0.191 e. The quantitative estimate of drug-likeness (QED) is 0.390. The molecule has 1 aliphatic rings. The first-order chi connectivity index (χ1) is 10.3. The largest absolute Gasteiger partial charge is 0.357 e. The summed E-state index contributed by atoms with van der Waals surface area (Å²) >= 11 is 0. The first-order valence-electron chi connectivity index (χ1n) is 9.04. The molecule has 0 radical (unpaired) electrons. The summed E-state index contributed by atoms with van der Waals surface area (Å²) in [5.41, 5.74) is 0. The van der Waals surface area contributed by atoms with Gasteiger partial charge in [-0.2, -0.15) is 0 Å². The maximum absolute atomic E-state index is 4.78. The minimum absolute atomic E-state index is 0.768. The second kappa shape index (κ2) is 11.8. The summed E-state index contributed by atoms with van der Waals surface area (Å²) in [7, 11) is 0. The van der Waals surface area contributed by atoms with E-state index in [-0.39, 0.29) is 0 Å². The second-order valence-corrected chi connectivity index (χ2v) is 6.14. The van der Waals surface area contributed by atoms with Crippen molar-refractivity contribution in [1.29, 1.82) is 0 Å². The standard InChI is InChI=1S/C17H36N4/c1-4-7-8-11-19-17(18-6-3)20-15-16-9-13-21(12-5-2)14-10-16/h16H,4-15H2,1-3H3,(H2,18,19,20). The smallest absolute Gasteiger partial charge is 0.191 e. The van der Waals surface area contributed by atoms with Crippen molar-refractivity contribution < 1.29 is 0 Å². The molecule has 124 valence electrons. The van der Waals surface area contributed by atoms with Crippen LogP contribution in [0.4, 0.5) is 0 Å². The lowest BCUT2D eigenvalue weighted by atomic mass is 9.97. The van der Waals surface area contributed by atoms with Crippen molar-refractivity contribution in [2.75, 3.05) is 39.3 Å². The predicted molar refractivity (Wildman–Crippen MR) is 93.0 cm³/mol. The Labute approximate surface area is 131 Å². The van der Waals surface area contributed by atoms with Gasteiger partial charge in [0.15, 0.2) is 5.96 Å². The number of rotatable bonds is 9. The van der Waals surface area contributed by atoms with Crippen molar-refractivity contribution in [3.63, 3.8) is 0 Å². The molecule has 1 rings (SSSR count). The average molecular weight is 297 g/mol. The lowest BCUT2D eigenvalue weighted by molar-refractivity contribution is 0.188. The summed E-state index contributed by atoms with van der Waals surface area (Å²) in [5, 5.41) is 6.81. The van der Waals surface area contributed by atoms with E-state index in [2.05, 4.69) is 36.3 Å². The molecule has 0 aromatic heterocycles. The van der Waals surface area contributed by atoms with Gasteiger partial charge in [-0.05, 0) is 58.2 Å². The first kappa shape index (κ1) is 18.3. The van der Waals surface area contributed by atoms with Crippen LogP contribution in [0, 0.1) is 5.92 Å². The number of nitrogens with one attached hydrogen (secondary N) is 2. The molecule has 2 N–H and O–H groups in total. The third kappa shape index (κ3) is 8.30. The summed E-state index contributed by atoms with van der Waals surface area (Å²) in [6.07, 6.45) is 7.68. The minimum atomic E-state index is 0.768. The third-order valence-corrected chi connectivity index (χ3v) is 4.17. The Bertz CT molecular complexity index is 270. The van der Waals surface area contributed by atoms with Gasteiger partial charge in [-0.3, -0.25) is 4.99 Å². The van der Waals surface area contributed by atoms with Crippen LogP contribution >= 0.6 is 0 Å². The van der Waals surface area contributed by atoms with E-state index < -0.39 is 0 Å². The molecule has 1 fully saturated rings. The zero-order valence-electron chi connectivity index (χ0n) is 14.5. The van der Waals surface area contributed by atoms with Gasteiger partial charge in [-0.15, -0.1) is 0 Å². The van der Waals surface area contributed by atoms with E-state index in [1.807, 2.05) is 0 Å². The van der Waals surface area contributed by atoms with Gasteiger partial charge >= 0.3 is 0 Å². The van der Waals surface area contributed by atoms with Crippen LogP contribution in [-0.4, -0.2) is 50.1 Å². The Morgan fingerprint density at radius 3 is 2.43 bits per heavy atom. The number of unbranched alkanes of at least 4 members (excludes halogenated alkanes) is 2. The summed E-state index contributed by atoms with van der Waals surface area (Å²) in [6.45, 7) is 13.4. The van der Waals surface area contributed by atoms with Gasteiger partial charge in [0.1, 0.15) is 0 Å². The van der Waals surface area contributed by atoms with Gasteiger partial charge in [-0.1, -0.05) is 26.7 Å². The zero-order chi connectivity index (χ0) is 15.3. The fourth-order valence-corrected chi connectivity index (χ4v) is 2.85. The van der Waals surface area contributed by atoms with Gasteiger partial charge in [0.2, 0.25) is 0 Å². The molecule has 0 unspecified atom stereocenters. The number of guanidine groups is 1. The first-order valence-corrected chi connectivity index (χ1v) is 9.04. The second-order valence-electron chi connectivity index (χ2n) is 6.14. The van der Waals surface area contributed by atoms with Crippen LogP contribution in [-0.2, 0) is 0 Å². The van der Waals surface area contributed by atoms with E-state index in [1.165, 1.54) is 58.2 Å². The fraction of sp³-hybridized carbons (Fsp3) is 0.941. The van der Waals surface area contributed by atoms with Crippen molar-refractivity contribution >= 4 is 5.96 Å². The van der Waals surface area contributed by atoms with Gasteiger partial charge in [-0.25, -0.2) is 0 Å². The van der Waals surface area contributed by atoms with Crippen LogP contribution in [0.3, 0.4) is 0 Å². The SMILES string of the molecule is CCCCCNC(=NCC1CCN(CCC)CC1)NCC. The molecule has 0 atom stereocenters. The molecule has 0 aliphatic carbocycles. The van der Waals surface area contributed by atoms with Gasteiger partial charge in [0.05, 0.1) is 0 Å². The summed E-state index contributed by atoms with van der Waals surface area (Å²) < 4.78 is 0. The Morgan fingerprint density at radius 2 is 1.81 bits per heavy atom. The average Bonchev–Trinajstić information content (AvgIpc) is 2.51. The molecule has 0 spiro atoms. The predicted octanol–water partition coefficient (Wildman–Crippen LogP) is 2.85. The maximum atomic E-state index is 4.78. The highest BCUT2D eigenvalue weighted by Gasteiger charge is 2.18. The zero-order valence-corrected chi connectivity index (χ0v) is 14.5. The number of hydrogen-bond acceptors (Lipinski definition) is 2. The molecule has 0 amide bonds. The highest BCUT2D eigenvalue weighted by molar-refractivity contribution is 5.79. The molecule has 1 aliphatic heterocycles. The van der Waals surface area contributed by atoms with Crippen molar-refractivity contribution in [2.24, 2.45) is 10.9 Å².